The minimum absolute atomic E-state index is 0. The molecule has 0 unspecified atom stereocenters. The van der Waals surface area contributed by atoms with E-state index in [-0.39, 0.29) is 20.4 Å². The third-order valence-corrected chi connectivity index (χ3v) is 6.25. The van der Waals surface area contributed by atoms with Crippen LogP contribution in [0.25, 0.3) is 0 Å². The first-order valence-electron chi connectivity index (χ1n) is 11.4. The van der Waals surface area contributed by atoms with Gasteiger partial charge in [0.25, 0.3) is 0 Å². The van der Waals surface area contributed by atoms with Crippen LogP contribution in [0.1, 0.15) is 89.9 Å². The van der Waals surface area contributed by atoms with Gasteiger partial charge in [-0.1, -0.05) is 12.8 Å². The zero-order valence-corrected chi connectivity index (χ0v) is 20.4. The zero-order chi connectivity index (χ0) is 23.9. The van der Waals surface area contributed by atoms with Gasteiger partial charge < -0.3 is 40.9 Å². The molecule has 2 heterocycles. The van der Waals surface area contributed by atoms with Crippen molar-refractivity contribution >= 4 is 11.8 Å². The van der Waals surface area contributed by atoms with Crippen LogP contribution in [0.5, 0.6) is 0 Å². The molecule has 4 aliphatic rings. The Morgan fingerprint density at radius 1 is 0.576 bits per heavy atom. The van der Waals surface area contributed by atoms with Gasteiger partial charge in [-0.15, -0.1) is 0 Å². The van der Waals surface area contributed by atoms with Crippen molar-refractivity contribution in [2.24, 2.45) is 0 Å². The van der Waals surface area contributed by atoms with Crippen molar-refractivity contribution in [3.8, 4) is 0 Å². The van der Waals surface area contributed by atoms with Gasteiger partial charge in [0.05, 0.1) is 10.2 Å². The van der Waals surface area contributed by atoms with Crippen molar-refractivity contribution in [2.45, 2.75) is 102 Å². The molecule has 33 heavy (non-hydrogen) atoms. The largest absolute Gasteiger partial charge is 2.00 e. The van der Waals surface area contributed by atoms with Gasteiger partial charge >= 0.3 is 20.4 Å². The van der Waals surface area contributed by atoms with Gasteiger partial charge in [-0.05, 0) is 25.7 Å². The summed E-state index contributed by atoms with van der Waals surface area (Å²) in [6, 6.07) is 1.21. The van der Waals surface area contributed by atoms with Crippen molar-refractivity contribution in [2.75, 3.05) is 13.1 Å². The monoisotopic (exact) mass is 564 g/mol. The van der Waals surface area contributed by atoms with Crippen LogP contribution in [0, 0.1) is 30.6 Å². The van der Waals surface area contributed by atoms with Crippen LogP contribution in [0.2, 0.25) is 0 Å². The Hall–Kier alpha value is -2.00. The van der Waals surface area contributed by atoms with Gasteiger partial charge in [0.1, 0.15) is 24.9 Å². The van der Waals surface area contributed by atoms with Gasteiger partial charge in [0.2, 0.25) is 0 Å². The zero-order valence-electron chi connectivity index (χ0n) is 18.8. The molecule has 0 bridgehead atoms. The molecule has 0 atom stereocenters. The molecule has 0 aromatic rings. The van der Waals surface area contributed by atoms with Crippen molar-refractivity contribution in [1.82, 2.24) is 0 Å². The summed E-state index contributed by atoms with van der Waals surface area (Å²) in [6.45, 7) is 2.06. The second-order valence-corrected chi connectivity index (χ2v) is 8.41. The second-order valence-electron chi connectivity index (χ2n) is 8.41. The first-order valence-corrected chi connectivity index (χ1v) is 11.4. The number of nitrogens with zero attached hydrogens (tertiary/aromatic N) is 4. The van der Waals surface area contributed by atoms with Crippen LogP contribution in [0.4, 0.5) is 0 Å². The molecule has 0 aromatic heterocycles. The predicted octanol–water partition coefficient (Wildman–Crippen LogP) is 1.29. The van der Waals surface area contributed by atoms with Gasteiger partial charge in [-0.2, -0.15) is 0 Å². The third-order valence-electron chi connectivity index (χ3n) is 6.25. The van der Waals surface area contributed by atoms with Crippen LogP contribution in [-0.4, -0.2) is 56.3 Å². The van der Waals surface area contributed by atoms with E-state index in [0.717, 1.165) is 38.8 Å². The summed E-state index contributed by atoms with van der Waals surface area (Å²) in [6.07, 6.45) is 16.9. The molecule has 0 saturated heterocycles. The fraction of sp³-hybridized carbons (Fsp3) is 0.900. The van der Waals surface area contributed by atoms with E-state index in [9.17, 15) is 10.2 Å². The van der Waals surface area contributed by atoms with Crippen LogP contribution >= 0.6 is 0 Å². The van der Waals surface area contributed by atoms with E-state index in [0.29, 0.717) is 23.9 Å². The molecule has 0 radical (unpaired) electrons. The Morgan fingerprint density at radius 3 is 1.06 bits per heavy atom. The summed E-state index contributed by atoms with van der Waals surface area (Å²) >= 11 is 0. The van der Waals surface area contributed by atoms with E-state index in [1.165, 1.54) is 64.2 Å². The molecule has 2 aliphatic carbocycles. The summed E-state index contributed by atoms with van der Waals surface area (Å²) < 4.78 is 4.25. The van der Waals surface area contributed by atoms with Gasteiger partial charge in [0, 0.05) is 51.4 Å². The van der Waals surface area contributed by atoms with E-state index in [2.05, 4.69) is 9.15 Å². The van der Waals surface area contributed by atoms with Crippen molar-refractivity contribution in [3.05, 3.63) is 30.6 Å². The Kier molecular flexibility index (Phi) is 16.4. The SMILES string of the molecule is O=[N+]([O-])[O-].O=[N+]([O-])[O-].[O-]C1=[N+](C2CCCCC2)CCC1.[O-]C1=[N+](C2CCCCC2)CCC1.[Pd+2]. The summed E-state index contributed by atoms with van der Waals surface area (Å²) in [5.41, 5.74) is 0. The number of hydrogen-bond acceptors (Lipinski definition) is 8. The molecule has 192 valence electrons. The quantitative estimate of drug-likeness (QED) is 0.208. The molecule has 0 amide bonds. The van der Waals surface area contributed by atoms with Crippen LogP contribution in [-0.2, 0) is 20.4 Å². The molecule has 0 N–H and O–H groups in total. The number of hydrogen-bond donors (Lipinski definition) is 0. The molecular formula is C20H34N4O8Pd. The van der Waals surface area contributed by atoms with E-state index in [4.69, 9.17) is 30.6 Å². The minimum Gasteiger partial charge on any atom is -0.827 e. The molecule has 4 rings (SSSR count). The molecule has 12 nitrogen and oxygen atoms in total. The third kappa shape index (κ3) is 13.3. The van der Waals surface area contributed by atoms with Crippen molar-refractivity contribution in [1.29, 1.82) is 0 Å². The second kappa shape index (κ2) is 17.5. The maximum atomic E-state index is 11.4. The van der Waals surface area contributed by atoms with E-state index >= 15 is 0 Å². The van der Waals surface area contributed by atoms with Gasteiger partial charge in [-0.25, -0.2) is 9.15 Å². The summed E-state index contributed by atoms with van der Waals surface area (Å²) in [4.78, 5) is 16.5. The van der Waals surface area contributed by atoms with Crippen molar-refractivity contribution in [3.63, 3.8) is 0 Å². The maximum absolute atomic E-state index is 11.4. The average Bonchev–Trinajstić information content (AvgIpc) is 3.37. The number of rotatable bonds is 2. The minimum atomic E-state index is -1.75. The Balaban J connectivity index is 0.000000462. The van der Waals surface area contributed by atoms with Gasteiger partial charge in [0.15, 0.2) is 12.1 Å². The van der Waals surface area contributed by atoms with E-state index < -0.39 is 10.2 Å². The molecular weight excluding hydrogens is 531 g/mol. The topological polar surface area (TPSA) is 185 Å². The molecule has 0 spiro atoms. The standard InChI is InChI=1S/2C10H17NO.2NO3.Pd/c2*12-10-7-4-8-11(10)9-5-2-1-3-6-9;2*2-1(3)4;/h2*9H,1-8H2;;;/q;;2*-1;+2. The van der Waals surface area contributed by atoms with Gasteiger partial charge in [-0.3, -0.25) is 0 Å². The van der Waals surface area contributed by atoms with Crippen LogP contribution in [0.3, 0.4) is 0 Å². The average molecular weight is 565 g/mol. The molecule has 2 aliphatic heterocycles. The first kappa shape index (κ1) is 31.0. The maximum Gasteiger partial charge on any atom is 2.00 e. The molecule has 13 heteroatoms. The van der Waals surface area contributed by atoms with Crippen molar-refractivity contribution < 1.29 is 50.0 Å². The Bertz CT molecular complexity index is 598. The summed E-state index contributed by atoms with van der Waals surface area (Å²) in [5, 5.41) is 52.3. The first-order chi connectivity index (χ1) is 15.2. The van der Waals surface area contributed by atoms with Crippen LogP contribution in [0.15, 0.2) is 0 Å². The van der Waals surface area contributed by atoms with Crippen LogP contribution < -0.4 is 10.2 Å². The molecule has 0 aromatic carbocycles. The predicted molar refractivity (Wildman–Crippen MR) is 113 cm³/mol. The Morgan fingerprint density at radius 2 is 0.848 bits per heavy atom. The summed E-state index contributed by atoms with van der Waals surface area (Å²) in [5.74, 6) is 0.809. The smallest absolute Gasteiger partial charge is 0.827 e. The molecule has 2 saturated carbocycles. The van der Waals surface area contributed by atoms with E-state index in [1.807, 2.05) is 0 Å². The fourth-order valence-electron chi connectivity index (χ4n) is 4.90. The van der Waals surface area contributed by atoms with E-state index in [1.54, 1.807) is 0 Å². The summed E-state index contributed by atoms with van der Waals surface area (Å²) in [7, 11) is 0. The fourth-order valence-corrected chi connectivity index (χ4v) is 4.90. The normalized spacial score (nSPS) is 20.8. The molecule has 2 fully saturated rings. The Labute approximate surface area is 207 Å².